The number of hydrogen-bond acceptors (Lipinski definition) is 4. The average Bonchev–Trinajstić information content (AvgIpc) is 2.96. The van der Waals surface area contributed by atoms with Crippen LogP contribution in [0.2, 0.25) is 0 Å². The Morgan fingerprint density at radius 3 is 2.76 bits per heavy atom. The summed E-state index contributed by atoms with van der Waals surface area (Å²) >= 11 is 1.47. The standard InChI is InChI=1S/C20H22N2O2S/c1-12(2)15-9-8-13(3)10-16(15)24-11-18(23)21-20-22-19-14(4)6-5-7-17(19)25-20/h5-10,12H,11H2,1-4H3,(H,21,22,23). The second-order valence-electron chi connectivity index (χ2n) is 6.47. The van der Waals surface area contributed by atoms with Crippen LogP contribution in [-0.2, 0) is 4.79 Å². The maximum atomic E-state index is 12.2. The molecule has 0 saturated carbocycles. The number of anilines is 1. The van der Waals surface area contributed by atoms with Crippen molar-refractivity contribution in [1.82, 2.24) is 4.98 Å². The largest absolute Gasteiger partial charge is 0.483 e. The fourth-order valence-electron chi connectivity index (χ4n) is 2.68. The average molecular weight is 354 g/mol. The molecule has 25 heavy (non-hydrogen) atoms. The second-order valence-corrected chi connectivity index (χ2v) is 7.50. The van der Waals surface area contributed by atoms with Gasteiger partial charge in [-0.3, -0.25) is 10.1 Å². The molecule has 0 fully saturated rings. The number of nitrogens with one attached hydrogen (secondary N) is 1. The van der Waals surface area contributed by atoms with Gasteiger partial charge in [0.2, 0.25) is 0 Å². The Balaban J connectivity index is 1.69. The molecule has 0 saturated heterocycles. The molecule has 0 atom stereocenters. The van der Waals surface area contributed by atoms with Crippen LogP contribution in [0.3, 0.4) is 0 Å². The van der Waals surface area contributed by atoms with Gasteiger partial charge in [-0.2, -0.15) is 0 Å². The van der Waals surface area contributed by atoms with Crippen molar-refractivity contribution in [3.8, 4) is 5.75 Å². The van der Waals surface area contributed by atoms with E-state index in [4.69, 9.17) is 4.74 Å². The summed E-state index contributed by atoms with van der Waals surface area (Å²) in [5.41, 5.74) is 4.26. The van der Waals surface area contributed by atoms with Gasteiger partial charge in [-0.25, -0.2) is 4.98 Å². The predicted molar refractivity (Wildman–Crippen MR) is 104 cm³/mol. The van der Waals surface area contributed by atoms with Crippen molar-refractivity contribution in [2.75, 3.05) is 11.9 Å². The van der Waals surface area contributed by atoms with Crippen LogP contribution in [0.15, 0.2) is 36.4 Å². The third-order valence-electron chi connectivity index (χ3n) is 4.02. The van der Waals surface area contributed by atoms with E-state index in [1.807, 2.05) is 38.1 Å². The van der Waals surface area contributed by atoms with Gasteiger partial charge < -0.3 is 4.74 Å². The molecule has 0 spiro atoms. The van der Waals surface area contributed by atoms with Gasteiger partial charge >= 0.3 is 0 Å². The number of fused-ring (bicyclic) bond motifs is 1. The van der Waals surface area contributed by atoms with Gasteiger partial charge in [0.15, 0.2) is 11.7 Å². The first-order valence-electron chi connectivity index (χ1n) is 8.33. The summed E-state index contributed by atoms with van der Waals surface area (Å²) < 4.78 is 6.84. The second kappa shape index (κ2) is 7.23. The third-order valence-corrected chi connectivity index (χ3v) is 4.95. The molecule has 0 aliphatic rings. The van der Waals surface area contributed by atoms with Crippen LogP contribution >= 0.6 is 11.3 Å². The molecule has 1 amide bonds. The molecular formula is C20H22N2O2S. The summed E-state index contributed by atoms with van der Waals surface area (Å²) in [6, 6.07) is 12.1. The van der Waals surface area contributed by atoms with Gasteiger partial charge in [0.05, 0.1) is 10.2 Å². The molecule has 4 nitrogen and oxygen atoms in total. The summed E-state index contributed by atoms with van der Waals surface area (Å²) in [7, 11) is 0. The number of hydrogen-bond donors (Lipinski definition) is 1. The molecule has 0 aliphatic carbocycles. The van der Waals surface area contributed by atoms with Crippen molar-refractivity contribution >= 4 is 32.6 Å². The topological polar surface area (TPSA) is 51.2 Å². The van der Waals surface area contributed by atoms with Crippen LogP contribution < -0.4 is 10.1 Å². The van der Waals surface area contributed by atoms with Gasteiger partial charge in [0.1, 0.15) is 5.75 Å². The highest BCUT2D eigenvalue weighted by atomic mass is 32.1. The van der Waals surface area contributed by atoms with Crippen molar-refractivity contribution in [3.63, 3.8) is 0 Å². The summed E-state index contributed by atoms with van der Waals surface area (Å²) in [5.74, 6) is 0.907. The van der Waals surface area contributed by atoms with Crippen LogP contribution in [-0.4, -0.2) is 17.5 Å². The van der Waals surface area contributed by atoms with E-state index in [9.17, 15) is 4.79 Å². The van der Waals surface area contributed by atoms with E-state index in [-0.39, 0.29) is 12.5 Å². The molecule has 1 aromatic heterocycles. The number of aromatic nitrogens is 1. The van der Waals surface area contributed by atoms with Gasteiger partial charge in [0.25, 0.3) is 5.91 Å². The number of benzene rings is 2. The molecule has 1 N–H and O–H groups in total. The maximum absolute atomic E-state index is 12.2. The highest BCUT2D eigenvalue weighted by Gasteiger charge is 2.12. The molecular weight excluding hydrogens is 332 g/mol. The van der Waals surface area contributed by atoms with Gasteiger partial charge in [-0.05, 0) is 48.6 Å². The van der Waals surface area contributed by atoms with E-state index in [1.165, 1.54) is 11.3 Å². The smallest absolute Gasteiger partial charge is 0.264 e. The Morgan fingerprint density at radius 2 is 2.04 bits per heavy atom. The molecule has 0 radical (unpaired) electrons. The first-order chi connectivity index (χ1) is 11.9. The summed E-state index contributed by atoms with van der Waals surface area (Å²) in [5, 5.41) is 3.44. The number of carbonyl (C=O) groups excluding carboxylic acids is 1. The first-order valence-corrected chi connectivity index (χ1v) is 9.15. The zero-order chi connectivity index (χ0) is 18.0. The third kappa shape index (κ3) is 3.99. The van der Waals surface area contributed by atoms with Gasteiger partial charge in [0, 0.05) is 0 Å². The Kier molecular flexibility index (Phi) is 5.04. The van der Waals surface area contributed by atoms with Crippen LogP contribution in [0.5, 0.6) is 5.75 Å². The minimum Gasteiger partial charge on any atom is -0.483 e. The lowest BCUT2D eigenvalue weighted by molar-refractivity contribution is -0.118. The van der Waals surface area contributed by atoms with Crippen LogP contribution in [0, 0.1) is 13.8 Å². The molecule has 0 unspecified atom stereocenters. The predicted octanol–water partition coefficient (Wildman–Crippen LogP) is 5.05. The number of nitrogens with zero attached hydrogens (tertiary/aromatic N) is 1. The highest BCUT2D eigenvalue weighted by Crippen LogP contribution is 2.29. The number of rotatable bonds is 5. The molecule has 0 bridgehead atoms. The molecule has 1 heterocycles. The molecule has 3 rings (SSSR count). The number of para-hydroxylation sites is 1. The van der Waals surface area contributed by atoms with E-state index in [1.54, 1.807) is 0 Å². The van der Waals surface area contributed by atoms with Gasteiger partial charge in [-0.15, -0.1) is 0 Å². The Hall–Kier alpha value is -2.40. The number of aryl methyl sites for hydroxylation is 2. The lowest BCUT2D eigenvalue weighted by Gasteiger charge is -2.14. The van der Waals surface area contributed by atoms with E-state index in [0.29, 0.717) is 11.0 Å². The lowest BCUT2D eigenvalue weighted by Crippen LogP contribution is -2.20. The van der Waals surface area contributed by atoms with Crippen molar-refractivity contribution in [2.45, 2.75) is 33.6 Å². The Labute approximate surface area is 151 Å². The molecule has 3 aromatic rings. The van der Waals surface area contributed by atoms with E-state index < -0.39 is 0 Å². The normalized spacial score (nSPS) is 11.1. The van der Waals surface area contributed by atoms with Crippen LogP contribution in [0.25, 0.3) is 10.2 Å². The highest BCUT2D eigenvalue weighted by molar-refractivity contribution is 7.22. The van der Waals surface area contributed by atoms with Crippen molar-refractivity contribution in [2.24, 2.45) is 0 Å². The van der Waals surface area contributed by atoms with E-state index in [2.05, 4.69) is 36.3 Å². The zero-order valence-electron chi connectivity index (χ0n) is 14.9. The summed E-state index contributed by atoms with van der Waals surface area (Å²) in [6.07, 6.45) is 0. The lowest BCUT2D eigenvalue weighted by atomic mass is 10.0. The molecule has 2 aromatic carbocycles. The molecule has 5 heteroatoms. The van der Waals surface area contributed by atoms with Crippen LogP contribution in [0.4, 0.5) is 5.13 Å². The maximum Gasteiger partial charge on any atom is 0.264 e. The summed E-state index contributed by atoms with van der Waals surface area (Å²) in [4.78, 5) is 16.7. The quantitative estimate of drug-likeness (QED) is 0.697. The van der Waals surface area contributed by atoms with E-state index in [0.717, 1.165) is 32.7 Å². The minimum absolute atomic E-state index is 0.0297. The van der Waals surface area contributed by atoms with Gasteiger partial charge in [-0.1, -0.05) is 49.4 Å². The first kappa shape index (κ1) is 17.4. The van der Waals surface area contributed by atoms with Crippen molar-refractivity contribution in [3.05, 3.63) is 53.1 Å². The van der Waals surface area contributed by atoms with Crippen molar-refractivity contribution < 1.29 is 9.53 Å². The van der Waals surface area contributed by atoms with Crippen LogP contribution in [0.1, 0.15) is 36.5 Å². The Morgan fingerprint density at radius 1 is 1.24 bits per heavy atom. The monoisotopic (exact) mass is 354 g/mol. The van der Waals surface area contributed by atoms with Crippen molar-refractivity contribution in [1.29, 1.82) is 0 Å². The van der Waals surface area contributed by atoms with E-state index >= 15 is 0 Å². The SMILES string of the molecule is Cc1ccc(C(C)C)c(OCC(=O)Nc2nc3c(C)cccc3s2)c1. The summed E-state index contributed by atoms with van der Waals surface area (Å²) in [6.45, 7) is 8.22. The number of ether oxygens (including phenoxy) is 1. The fourth-order valence-corrected chi connectivity index (χ4v) is 3.64. The fraction of sp³-hybridized carbons (Fsp3) is 0.300. The number of thiazole rings is 1. The molecule has 0 aliphatic heterocycles. The number of carbonyl (C=O) groups is 1. The zero-order valence-corrected chi connectivity index (χ0v) is 15.7. The number of amides is 1. The minimum atomic E-state index is -0.201. The molecule has 130 valence electrons. The Bertz CT molecular complexity index is 915.